The molecule has 5 nitrogen and oxygen atoms in total. The number of rotatable bonds is 5. The summed E-state index contributed by atoms with van der Waals surface area (Å²) in [6, 6.07) is 10.8. The fraction of sp³-hybridized carbons (Fsp3) is 0.278. The molecule has 1 aromatic carbocycles. The maximum Gasteiger partial charge on any atom is 0.187 e. The fourth-order valence-electron chi connectivity index (χ4n) is 2.94. The van der Waals surface area contributed by atoms with Gasteiger partial charge in [-0.05, 0) is 18.5 Å². The number of aromatic nitrogens is 4. The van der Waals surface area contributed by atoms with Crippen molar-refractivity contribution in [2.45, 2.75) is 23.4 Å². The first-order valence-electron chi connectivity index (χ1n) is 8.13. The molecule has 0 amide bonds. The molecule has 1 saturated heterocycles. The van der Waals surface area contributed by atoms with Gasteiger partial charge in [0, 0.05) is 43.1 Å². The van der Waals surface area contributed by atoms with Crippen LogP contribution in [-0.4, -0.2) is 32.6 Å². The Morgan fingerprint density at radius 3 is 2.71 bits per heavy atom. The summed E-state index contributed by atoms with van der Waals surface area (Å²) >= 11 is 1.65. The molecule has 0 radical (unpaired) electrons. The van der Waals surface area contributed by atoms with Gasteiger partial charge in [-0.1, -0.05) is 42.1 Å². The summed E-state index contributed by atoms with van der Waals surface area (Å²) in [6.07, 6.45) is 8.79. The first kappa shape index (κ1) is 15.4. The minimum atomic E-state index is 0.467. The Morgan fingerprint density at radius 1 is 1.12 bits per heavy atom. The molecule has 24 heavy (non-hydrogen) atoms. The van der Waals surface area contributed by atoms with Gasteiger partial charge in [0.05, 0.1) is 5.56 Å². The molecule has 1 aliphatic heterocycles. The predicted octanol–water partition coefficient (Wildman–Crippen LogP) is 3.17. The molecule has 1 unspecified atom stereocenters. The van der Waals surface area contributed by atoms with E-state index in [2.05, 4.69) is 49.1 Å². The van der Waals surface area contributed by atoms with Gasteiger partial charge in [0.15, 0.2) is 5.16 Å². The van der Waals surface area contributed by atoms with E-state index in [1.807, 2.05) is 30.9 Å². The van der Waals surface area contributed by atoms with Crippen LogP contribution in [-0.2, 0) is 5.75 Å². The van der Waals surface area contributed by atoms with Crippen molar-refractivity contribution in [3.05, 3.63) is 60.7 Å². The minimum Gasteiger partial charge on any atom is -0.327 e. The van der Waals surface area contributed by atoms with Crippen LogP contribution in [0.15, 0.2) is 60.3 Å². The first-order chi connectivity index (χ1) is 11.9. The van der Waals surface area contributed by atoms with Crippen LogP contribution < -0.4 is 5.32 Å². The van der Waals surface area contributed by atoms with Crippen molar-refractivity contribution in [1.29, 1.82) is 0 Å². The molecule has 4 rings (SSSR count). The Labute approximate surface area is 145 Å². The van der Waals surface area contributed by atoms with E-state index in [0.717, 1.165) is 41.8 Å². The Kier molecular flexibility index (Phi) is 4.57. The van der Waals surface area contributed by atoms with E-state index in [1.54, 1.807) is 11.8 Å². The van der Waals surface area contributed by atoms with Crippen LogP contribution in [0.1, 0.15) is 18.0 Å². The van der Waals surface area contributed by atoms with Crippen LogP contribution in [0.5, 0.6) is 0 Å². The number of hydrogen-bond donors (Lipinski definition) is 1. The average molecular weight is 337 g/mol. The average Bonchev–Trinajstić information content (AvgIpc) is 3.32. The molecule has 3 heterocycles. The SMILES string of the molecule is c1ccc(CSc2ncc(-c3nccn3C3CCNC3)cn2)cc1. The molecular formula is C18H19N5S. The van der Waals surface area contributed by atoms with Crippen LogP contribution >= 0.6 is 11.8 Å². The summed E-state index contributed by atoms with van der Waals surface area (Å²) in [6.45, 7) is 2.06. The van der Waals surface area contributed by atoms with E-state index in [0.29, 0.717) is 6.04 Å². The number of imidazole rings is 1. The van der Waals surface area contributed by atoms with Crippen LogP contribution in [0.2, 0.25) is 0 Å². The number of nitrogens with one attached hydrogen (secondary N) is 1. The molecular weight excluding hydrogens is 318 g/mol. The first-order valence-corrected chi connectivity index (χ1v) is 9.11. The lowest BCUT2D eigenvalue weighted by Crippen LogP contribution is -2.13. The summed E-state index contributed by atoms with van der Waals surface area (Å²) in [5.74, 6) is 1.83. The Bertz CT molecular complexity index is 779. The van der Waals surface area contributed by atoms with Gasteiger partial charge < -0.3 is 9.88 Å². The van der Waals surface area contributed by atoms with Gasteiger partial charge in [-0.3, -0.25) is 0 Å². The maximum absolute atomic E-state index is 4.50. The number of benzene rings is 1. The quantitative estimate of drug-likeness (QED) is 0.572. The lowest BCUT2D eigenvalue weighted by molar-refractivity contribution is 0.552. The van der Waals surface area contributed by atoms with E-state index in [1.165, 1.54) is 5.56 Å². The van der Waals surface area contributed by atoms with Crippen molar-refractivity contribution < 1.29 is 0 Å². The maximum atomic E-state index is 4.50. The lowest BCUT2D eigenvalue weighted by Gasteiger charge is -2.14. The van der Waals surface area contributed by atoms with Crippen molar-refractivity contribution in [2.75, 3.05) is 13.1 Å². The van der Waals surface area contributed by atoms with Gasteiger partial charge in [-0.25, -0.2) is 15.0 Å². The van der Waals surface area contributed by atoms with Gasteiger partial charge in [0.1, 0.15) is 5.82 Å². The van der Waals surface area contributed by atoms with Crippen molar-refractivity contribution in [3.63, 3.8) is 0 Å². The zero-order valence-corrected chi connectivity index (χ0v) is 14.1. The van der Waals surface area contributed by atoms with Gasteiger partial charge in [-0.2, -0.15) is 0 Å². The topological polar surface area (TPSA) is 55.6 Å². The van der Waals surface area contributed by atoms with E-state index >= 15 is 0 Å². The standard InChI is InChI=1S/C18H19N5S/c1-2-4-14(5-3-1)13-24-18-21-10-15(11-22-18)17-20-8-9-23(17)16-6-7-19-12-16/h1-5,8-11,16,19H,6-7,12-13H2. The molecule has 0 saturated carbocycles. The Hall–Kier alpha value is -2.18. The highest BCUT2D eigenvalue weighted by Gasteiger charge is 2.19. The third-order valence-electron chi connectivity index (χ3n) is 4.19. The van der Waals surface area contributed by atoms with Gasteiger partial charge in [0.25, 0.3) is 0 Å². The monoisotopic (exact) mass is 337 g/mol. The molecule has 0 spiro atoms. The molecule has 0 aliphatic carbocycles. The Morgan fingerprint density at radius 2 is 1.96 bits per heavy atom. The smallest absolute Gasteiger partial charge is 0.187 e. The van der Waals surface area contributed by atoms with E-state index < -0.39 is 0 Å². The molecule has 0 bridgehead atoms. The highest BCUT2D eigenvalue weighted by atomic mass is 32.2. The molecule has 1 aliphatic rings. The second-order valence-electron chi connectivity index (χ2n) is 5.83. The van der Waals surface area contributed by atoms with Crippen LogP contribution in [0.4, 0.5) is 0 Å². The second kappa shape index (κ2) is 7.15. The summed E-state index contributed by atoms with van der Waals surface area (Å²) in [4.78, 5) is 13.5. The number of nitrogens with zero attached hydrogens (tertiary/aromatic N) is 4. The third-order valence-corrected chi connectivity index (χ3v) is 5.14. The van der Waals surface area contributed by atoms with E-state index in [-0.39, 0.29) is 0 Å². The van der Waals surface area contributed by atoms with Crippen LogP contribution in [0, 0.1) is 0 Å². The number of hydrogen-bond acceptors (Lipinski definition) is 5. The minimum absolute atomic E-state index is 0.467. The van der Waals surface area contributed by atoms with Gasteiger partial charge >= 0.3 is 0 Å². The predicted molar refractivity (Wildman–Crippen MR) is 95.8 cm³/mol. The normalized spacial score (nSPS) is 17.2. The third kappa shape index (κ3) is 3.34. The van der Waals surface area contributed by atoms with E-state index in [4.69, 9.17) is 0 Å². The second-order valence-corrected chi connectivity index (χ2v) is 6.78. The highest BCUT2D eigenvalue weighted by Crippen LogP contribution is 2.25. The van der Waals surface area contributed by atoms with Crippen molar-refractivity contribution >= 4 is 11.8 Å². The van der Waals surface area contributed by atoms with E-state index in [9.17, 15) is 0 Å². The fourth-order valence-corrected chi connectivity index (χ4v) is 3.68. The zero-order valence-electron chi connectivity index (χ0n) is 13.3. The zero-order chi connectivity index (χ0) is 16.2. The van der Waals surface area contributed by atoms with Crippen molar-refractivity contribution in [2.24, 2.45) is 0 Å². The van der Waals surface area contributed by atoms with Crippen molar-refractivity contribution in [3.8, 4) is 11.4 Å². The number of thioether (sulfide) groups is 1. The van der Waals surface area contributed by atoms with Gasteiger partial charge in [0.2, 0.25) is 0 Å². The molecule has 3 aromatic rings. The summed E-state index contributed by atoms with van der Waals surface area (Å²) in [7, 11) is 0. The Balaban J connectivity index is 1.47. The van der Waals surface area contributed by atoms with Crippen molar-refractivity contribution in [1.82, 2.24) is 24.8 Å². The molecule has 6 heteroatoms. The molecule has 1 fully saturated rings. The molecule has 2 aromatic heterocycles. The summed E-state index contributed by atoms with van der Waals surface area (Å²) in [5, 5.41) is 4.19. The molecule has 1 atom stereocenters. The van der Waals surface area contributed by atoms with Crippen LogP contribution in [0.25, 0.3) is 11.4 Å². The lowest BCUT2D eigenvalue weighted by atomic mass is 10.2. The summed E-state index contributed by atoms with van der Waals surface area (Å²) in [5.41, 5.74) is 2.25. The van der Waals surface area contributed by atoms with Crippen LogP contribution in [0.3, 0.4) is 0 Å². The summed E-state index contributed by atoms with van der Waals surface area (Å²) < 4.78 is 2.23. The molecule has 122 valence electrons. The largest absolute Gasteiger partial charge is 0.327 e. The highest BCUT2D eigenvalue weighted by molar-refractivity contribution is 7.98. The van der Waals surface area contributed by atoms with Gasteiger partial charge in [-0.15, -0.1) is 0 Å². The molecule has 1 N–H and O–H groups in total.